The molecule has 41 heavy (non-hydrogen) atoms. The zero-order valence-corrected chi connectivity index (χ0v) is 25.2. The molecule has 7 N–H and O–H groups in total. The molecule has 0 saturated heterocycles. The monoisotopic (exact) mass is 573 g/mol. The molecule has 230 valence electrons. The van der Waals surface area contributed by atoms with E-state index in [2.05, 4.69) is 21.3 Å². The lowest BCUT2D eigenvalue weighted by Gasteiger charge is -2.36. The highest BCUT2D eigenvalue weighted by Crippen LogP contribution is 2.44. The lowest BCUT2D eigenvalue weighted by atomic mass is 9.82. The van der Waals surface area contributed by atoms with Gasteiger partial charge in [-0.1, -0.05) is 65.5 Å². The smallest absolute Gasteiger partial charge is 0.251 e. The van der Waals surface area contributed by atoms with Crippen LogP contribution in [0.15, 0.2) is 12.2 Å². The minimum absolute atomic E-state index is 0.00627. The number of amides is 4. The molecule has 0 aliphatic heterocycles. The van der Waals surface area contributed by atoms with Crippen LogP contribution in [0, 0.1) is 29.1 Å². The molecule has 8 atom stereocenters. The molecule has 4 aliphatic carbocycles. The number of aliphatic hydroxyl groups excluding tert-OH is 1. The van der Waals surface area contributed by atoms with Crippen LogP contribution in [-0.4, -0.2) is 65.0 Å². The molecule has 8 unspecified atom stereocenters. The number of aliphatic hydroxyl groups is 1. The number of fused-ring (bicyclic) bond motifs is 2. The molecule has 0 radical (unpaired) electrons. The lowest BCUT2D eigenvalue weighted by molar-refractivity contribution is -0.135. The van der Waals surface area contributed by atoms with Crippen molar-refractivity contribution in [2.24, 2.45) is 34.8 Å². The van der Waals surface area contributed by atoms with Crippen LogP contribution >= 0.6 is 0 Å². The predicted octanol–water partition coefficient (Wildman–Crippen LogP) is 1.66. The van der Waals surface area contributed by atoms with Crippen LogP contribution in [0.3, 0.4) is 0 Å². The fourth-order valence-corrected chi connectivity index (χ4v) is 6.84. The molecule has 0 heterocycles. The number of carbonyl (C=O) groups excluding carboxylic acids is 4. The Balaban J connectivity index is 1.43. The quantitative estimate of drug-likeness (QED) is 0.195. The third-order valence-corrected chi connectivity index (χ3v) is 9.45. The number of hydrogen-bond acceptors (Lipinski definition) is 6. The predicted molar refractivity (Wildman–Crippen MR) is 156 cm³/mol. The zero-order chi connectivity index (χ0) is 29.9. The van der Waals surface area contributed by atoms with E-state index in [4.69, 9.17) is 5.73 Å². The summed E-state index contributed by atoms with van der Waals surface area (Å²) in [5.74, 6) is -1.85. The standard InChI is InChI=1S/C31H51N5O5/c1-5-9-21(25(37)29(40)33-20-14-15-20)34-27(38)22-18-12-13-19(16-18)24(22)35-30(41)26(31(2,3)4)36-28(39)23(32)17-10-7-6-8-11-17/h12-13,17-26,37H,5-11,14-16,32H2,1-4H3,(H,33,40)(H,34,38)(H,35,41)(H,36,39). The first-order valence-corrected chi connectivity index (χ1v) is 15.7. The van der Waals surface area contributed by atoms with Gasteiger partial charge in [-0.15, -0.1) is 0 Å². The van der Waals surface area contributed by atoms with Gasteiger partial charge in [0.2, 0.25) is 17.7 Å². The first-order valence-electron chi connectivity index (χ1n) is 15.7. The number of nitrogens with one attached hydrogen (secondary N) is 4. The van der Waals surface area contributed by atoms with Crippen molar-refractivity contribution in [2.45, 2.75) is 128 Å². The summed E-state index contributed by atoms with van der Waals surface area (Å²) in [6.07, 6.45) is 11.6. The fraction of sp³-hybridized carbons (Fsp3) is 0.806. The van der Waals surface area contributed by atoms with Crippen LogP contribution in [0.25, 0.3) is 0 Å². The van der Waals surface area contributed by atoms with Gasteiger partial charge in [0.05, 0.1) is 18.0 Å². The Morgan fingerprint density at radius 3 is 2.17 bits per heavy atom. The highest BCUT2D eigenvalue weighted by atomic mass is 16.3. The molecular formula is C31H51N5O5. The summed E-state index contributed by atoms with van der Waals surface area (Å²) < 4.78 is 0. The second-order valence-corrected chi connectivity index (χ2v) is 13.9. The SMILES string of the molecule is CCCC(NC(=O)C1C2C=CC(C2)C1NC(=O)C(NC(=O)C(N)C1CCCCC1)C(C)(C)C)C(O)C(=O)NC1CC1. The van der Waals surface area contributed by atoms with Crippen LogP contribution in [0.4, 0.5) is 0 Å². The summed E-state index contributed by atoms with van der Waals surface area (Å²) >= 11 is 0. The largest absolute Gasteiger partial charge is 0.381 e. The van der Waals surface area contributed by atoms with Crippen molar-refractivity contribution < 1.29 is 24.3 Å². The van der Waals surface area contributed by atoms with E-state index < -0.39 is 47.5 Å². The van der Waals surface area contributed by atoms with Crippen LogP contribution < -0.4 is 27.0 Å². The molecule has 2 bridgehead atoms. The van der Waals surface area contributed by atoms with E-state index in [1.165, 1.54) is 0 Å². The summed E-state index contributed by atoms with van der Waals surface area (Å²) in [5.41, 5.74) is 5.77. The van der Waals surface area contributed by atoms with Gasteiger partial charge in [-0.25, -0.2) is 0 Å². The minimum atomic E-state index is -1.34. The average molecular weight is 574 g/mol. The van der Waals surface area contributed by atoms with Crippen molar-refractivity contribution in [1.82, 2.24) is 21.3 Å². The Bertz CT molecular complexity index is 999. The highest BCUT2D eigenvalue weighted by molar-refractivity contribution is 5.91. The number of hydrogen-bond donors (Lipinski definition) is 6. The van der Waals surface area contributed by atoms with Crippen molar-refractivity contribution >= 4 is 23.6 Å². The average Bonchev–Trinajstić information content (AvgIpc) is 3.51. The Morgan fingerprint density at radius 2 is 1.56 bits per heavy atom. The van der Waals surface area contributed by atoms with Gasteiger partial charge in [0.15, 0.2) is 6.10 Å². The molecule has 10 nitrogen and oxygen atoms in total. The van der Waals surface area contributed by atoms with Crippen LogP contribution in [-0.2, 0) is 19.2 Å². The molecule has 3 saturated carbocycles. The molecule has 4 aliphatic rings. The van der Waals surface area contributed by atoms with Gasteiger partial charge in [0.1, 0.15) is 6.04 Å². The summed E-state index contributed by atoms with van der Waals surface area (Å²) in [6.45, 7) is 7.64. The van der Waals surface area contributed by atoms with E-state index in [0.717, 1.165) is 51.4 Å². The van der Waals surface area contributed by atoms with Crippen LogP contribution in [0.2, 0.25) is 0 Å². The van der Waals surface area contributed by atoms with E-state index >= 15 is 0 Å². The van der Waals surface area contributed by atoms with Gasteiger partial charge in [0.25, 0.3) is 5.91 Å². The van der Waals surface area contributed by atoms with Gasteiger partial charge in [0, 0.05) is 12.1 Å². The third-order valence-electron chi connectivity index (χ3n) is 9.45. The second-order valence-electron chi connectivity index (χ2n) is 13.9. The Kier molecular flexibility index (Phi) is 10.2. The first-order chi connectivity index (χ1) is 19.4. The third kappa shape index (κ3) is 7.69. The molecule has 10 heteroatoms. The van der Waals surface area contributed by atoms with E-state index in [9.17, 15) is 24.3 Å². The van der Waals surface area contributed by atoms with Crippen molar-refractivity contribution in [3.63, 3.8) is 0 Å². The van der Waals surface area contributed by atoms with Gasteiger partial charge < -0.3 is 32.1 Å². The van der Waals surface area contributed by atoms with Crippen molar-refractivity contribution in [2.75, 3.05) is 0 Å². The van der Waals surface area contributed by atoms with Crippen molar-refractivity contribution in [3.8, 4) is 0 Å². The molecule has 4 amide bonds. The molecule has 0 aromatic rings. The van der Waals surface area contributed by atoms with E-state index in [1.54, 1.807) is 0 Å². The Labute approximate surface area is 244 Å². The van der Waals surface area contributed by atoms with Gasteiger partial charge >= 0.3 is 0 Å². The summed E-state index contributed by atoms with van der Waals surface area (Å²) in [4.78, 5) is 53.1. The fourth-order valence-electron chi connectivity index (χ4n) is 6.84. The molecule has 3 fully saturated rings. The van der Waals surface area contributed by atoms with Crippen LogP contribution in [0.5, 0.6) is 0 Å². The maximum atomic E-state index is 13.7. The van der Waals surface area contributed by atoms with Gasteiger partial charge in [-0.3, -0.25) is 19.2 Å². The minimum Gasteiger partial charge on any atom is -0.381 e. The van der Waals surface area contributed by atoms with Crippen molar-refractivity contribution in [3.05, 3.63) is 12.2 Å². The molecule has 0 aromatic carbocycles. The molecular weight excluding hydrogens is 522 g/mol. The maximum Gasteiger partial charge on any atom is 0.251 e. The maximum absolute atomic E-state index is 13.7. The normalized spacial score (nSPS) is 28.8. The topological polar surface area (TPSA) is 163 Å². The molecule has 0 spiro atoms. The number of allylic oxidation sites excluding steroid dienone is 1. The summed E-state index contributed by atoms with van der Waals surface area (Å²) in [6, 6.07) is -2.54. The Morgan fingerprint density at radius 1 is 0.902 bits per heavy atom. The Hall–Kier alpha value is -2.46. The van der Waals surface area contributed by atoms with E-state index in [0.29, 0.717) is 12.8 Å². The van der Waals surface area contributed by atoms with Gasteiger partial charge in [-0.05, 0) is 61.7 Å². The van der Waals surface area contributed by atoms with E-state index in [-0.39, 0.29) is 41.5 Å². The lowest BCUT2D eigenvalue weighted by Crippen LogP contribution is -2.61. The summed E-state index contributed by atoms with van der Waals surface area (Å²) in [5, 5.41) is 22.6. The van der Waals surface area contributed by atoms with Crippen LogP contribution in [0.1, 0.15) is 91.9 Å². The second kappa shape index (κ2) is 13.2. The summed E-state index contributed by atoms with van der Waals surface area (Å²) in [7, 11) is 0. The molecule has 4 rings (SSSR count). The first kappa shape index (κ1) is 31.5. The number of rotatable bonds is 12. The van der Waals surface area contributed by atoms with Crippen molar-refractivity contribution in [1.29, 1.82) is 0 Å². The van der Waals surface area contributed by atoms with E-state index in [1.807, 2.05) is 39.8 Å². The number of carbonyl (C=O) groups is 4. The highest BCUT2D eigenvalue weighted by Gasteiger charge is 2.50. The number of nitrogens with two attached hydrogens (primary N) is 1. The van der Waals surface area contributed by atoms with Gasteiger partial charge in [-0.2, -0.15) is 0 Å². The zero-order valence-electron chi connectivity index (χ0n) is 25.2. The molecule has 0 aromatic heterocycles.